The maximum Gasteiger partial charge on any atom is 0.308 e. The molecule has 5 atom stereocenters. The summed E-state index contributed by atoms with van der Waals surface area (Å²) in [4.78, 5) is 40.2. The molecule has 1 spiro atoms. The van der Waals surface area contributed by atoms with Crippen LogP contribution in [0.2, 0.25) is 0 Å². The zero-order chi connectivity index (χ0) is 25.0. The summed E-state index contributed by atoms with van der Waals surface area (Å²) in [6.07, 6.45) is 10.1. The Labute approximate surface area is 207 Å². The fourth-order valence-corrected chi connectivity index (χ4v) is 6.43. The second-order valence-electron chi connectivity index (χ2n) is 9.75. The maximum absolute atomic E-state index is 11.7. The molecular formula is C26H27N5O5. The van der Waals surface area contributed by atoms with E-state index < -0.39 is 6.10 Å². The number of ether oxygens (including phenoxy) is 3. The van der Waals surface area contributed by atoms with E-state index in [9.17, 15) is 9.59 Å². The standard InChI is InChI=1S/C21H23NO5.C5H4N4/c1-11(23)25-16-6-4-13-10-15-14-5-7-17(26-12(2)24)20-21(14,8-9-22(15)3)18(13)19(16)27-20;1-4-5(8-2-6-1)9-3-7-4/h4-7,14-15,17,20H,8-10H2,1-3H3;1-3H,(H,6,7,8,9)/t14-,15+,17-,20-,21-;/m0./s1. The van der Waals surface area contributed by atoms with Crippen molar-refractivity contribution in [1.82, 2.24) is 24.8 Å². The van der Waals surface area contributed by atoms with E-state index in [4.69, 9.17) is 14.2 Å². The number of carbonyl (C=O) groups excluding carboxylic acids is 2. The lowest BCUT2D eigenvalue weighted by Gasteiger charge is -2.56. The lowest BCUT2D eigenvalue weighted by atomic mass is 9.53. The number of hydrogen-bond acceptors (Lipinski definition) is 9. The molecule has 0 radical (unpaired) electrons. The Morgan fingerprint density at radius 3 is 2.83 bits per heavy atom. The molecule has 1 N–H and O–H groups in total. The molecule has 7 rings (SSSR count). The zero-order valence-electron chi connectivity index (χ0n) is 20.3. The topological polar surface area (TPSA) is 120 Å². The highest BCUT2D eigenvalue weighted by atomic mass is 16.6. The van der Waals surface area contributed by atoms with Gasteiger partial charge in [-0.1, -0.05) is 12.1 Å². The van der Waals surface area contributed by atoms with E-state index in [2.05, 4.69) is 44.0 Å². The van der Waals surface area contributed by atoms with Gasteiger partial charge >= 0.3 is 11.9 Å². The molecule has 4 aliphatic rings. The first kappa shape index (κ1) is 22.7. The average molecular weight is 490 g/mol. The van der Waals surface area contributed by atoms with Gasteiger partial charge in [0.1, 0.15) is 17.9 Å². The molecule has 0 amide bonds. The molecule has 3 aromatic rings. The third kappa shape index (κ3) is 3.39. The highest BCUT2D eigenvalue weighted by Gasteiger charge is 2.65. The first-order chi connectivity index (χ1) is 17.4. The number of nitrogens with zero attached hydrogens (tertiary/aromatic N) is 4. The quantitative estimate of drug-likeness (QED) is 0.329. The molecular weight excluding hydrogens is 462 g/mol. The first-order valence-corrected chi connectivity index (χ1v) is 12.0. The van der Waals surface area contributed by atoms with Gasteiger partial charge in [0.05, 0.1) is 12.5 Å². The summed E-state index contributed by atoms with van der Waals surface area (Å²) in [6, 6.07) is 4.28. The number of benzene rings is 1. The van der Waals surface area contributed by atoms with Gasteiger partial charge in [-0.2, -0.15) is 0 Å². The Bertz CT molecular complexity index is 1360. The average Bonchev–Trinajstić information content (AvgIpc) is 3.46. The number of aromatic amines is 1. The molecule has 1 aromatic carbocycles. The summed E-state index contributed by atoms with van der Waals surface area (Å²) in [6.45, 7) is 3.77. The van der Waals surface area contributed by atoms with Crippen LogP contribution in [0, 0.1) is 5.92 Å². The van der Waals surface area contributed by atoms with Crippen molar-refractivity contribution in [3.05, 3.63) is 54.3 Å². The summed E-state index contributed by atoms with van der Waals surface area (Å²) < 4.78 is 17.5. The van der Waals surface area contributed by atoms with Crippen LogP contribution in [0.4, 0.5) is 0 Å². The molecule has 2 bridgehead atoms. The van der Waals surface area contributed by atoms with Crippen LogP contribution in [0.25, 0.3) is 11.2 Å². The molecule has 4 heterocycles. The maximum atomic E-state index is 11.7. The second-order valence-corrected chi connectivity index (χ2v) is 9.75. The van der Waals surface area contributed by atoms with Gasteiger partial charge in [-0.3, -0.25) is 9.59 Å². The van der Waals surface area contributed by atoms with Crippen LogP contribution in [0.15, 0.2) is 43.1 Å². The number of hydrogen-bond donors (Lipinski definition) is 1. The third-order valence-electron chi connectivity index (χ3n) is 7.77. The highest BCUT2D eigenvalue weighted by molar-refractivity contribution is 5.73. The van der Waals surface area contributed by atoms with Gasteiger partial charge in [0, 0.05) is 36.8 Å². The smallest absolute Gasteiger partial charge is 0.308 e. The fourth-order valence-electron chi connectivity index (χ4n) is 6.43. The predicted molar refractivity (Wildman–Crippen MR) is 128 cm³/mol. The summed E-state index contributed by atoms with van der Waals surface area (Å²) in [5, 5.41) is 0. The molecule has 2 aliphatic heterocycles. The number of fused-ring (bicyclic) bond motifs is 1. The van der Waals surface area contributed by atoms with Gasteiger partial charge in [0.25, 0.3) is 0 Å². The number of likely N-dealkylation sites (tertiary alicyclic amines) is 1. The van der Waals surface area contributed by atoms with E-state index >= 15 is 0 Å². The Morgan fingerprint density at radius 1 is 1.19 bits per heavy atom. The monoisotopic (exact) mass is 489 g/mol. The Kier molecular flexibility index (Phi) is 5.29. The molecule has 10 nitrogen and oxygen atoms in total. The number of rotatable bonds is 2. The molecule has 0 saturated carbocycles. The van der Waals surface area contributed by atoms with Gasteiger partial charge in [0.15, 0.2) is 23.3 Å². The normalized spacial score (nSPS) is 29.0. The number of nitrogens with one attached hydrogen (secondary N) is 1. The molecule has 1 saturated heterocycles. The van der Waals surface area contributed by atoms with Gasteiger partial charge in [-0.05, 0) is 44.1 Å². The summed E-state index contributed by atoms with van der Waals surface area (Å²) >= 11 is 0. The number of aromatic nitrogens is 4. The number of esters is 2. The lowest BCUT2D eigenvalue weighted by Crippen LogP contribution is -2.65. The number of imidazole rings is 1. The Hall–Kier alpha value is -3.79. The largest absolute Gasteiger partial charge is 0.481 e. The summed E-state index contributed by atoms with van der Waals surface area (Å²) in [5.41, 5.74) is 3.74. The Balaban J connectivity index is 0.000000223. The van der Waals surface area contributed by atoms with Gasteiger partial charge < -0.3 is 24.1 Å². The van der Waals surface area contributed by atoms with E-state index in [0.29, 0.717) is 23.2 Å². The number of likely N-dealkylation sites (N-methyl/N-ethyl adjacent to an activating group) is 1. The van der Waals surface area contributed by atoms with Crippen LogP contribution < -0.4 is 9.47 Å². The molecule has 0 unspecified atom stereocenters. The van der Waals surface area contributed by atoms with Crippen molar-refractivity contribution >= 4 is 23.1 Å². The van der Waals surface area contributed by atoms with E-state index in [-0.39, 0.29) is 29.4 Å². The van der Waals surface area contributed by atoms with E-state index in [1.165, 1.54) is 25.7 Å². The van der Waals surface area contributed by atoms with E-state index in [1.54, 1.807) is 12.5 Å². The van der Waals surface area contributed by atoms with Crippen LogP contribution in [-0.4, -0.2) is 68.6 Å². The van der Waals surface area contributed by atoms with Crippen molar-refractivity contribution in [2.75, 3.05) is 13.6 Å². The minimum atomic E-state index is -0.439. The van der Waals surface area contributed by atoms with Crippen molar-refractivity contribution in [1.29, 1.82) is 0 Å². The van der Waals surface area contributed by atoms with Crippen molar-refractivity contribution in [3.63, 3.8) is 0 Å². The van der Waals surface area contributed by atoms with Crippen LogP contribution >= 0.6 is 0 Å². The fraction of sp³-hybridized carbons (Fsp3) is 0.423. The molecule has 10 heteroatoms. The highest BCUT2D eigenvalue weighted by Crippen LogP contribution is 2.62. The van der Waals surface area contributed by atoms with Crippen LogP contribution in [0.1, 0.15) is 31.4 Å². The summed E-state index contributed by atoms with van der Waals surface area (Å²) in [7, 11) is 2.17. The Morgan fingerprint density at radius 2 is 2.06 bits per heavy atom. The molecule has 2 aromatic heterocycles. The van der Waals surface area contributed by atoms with Gasteiger partial charge in [0.2, 0.25) is 0 Å². The minimum Gasteiger partial charge on any atom is -0.481 e. The van der Waals surface area contributed by atoms with Gasteiger partial charge in [-0.25, -0.2) is 15.0 Å². The lowest BCUT2D eigenvalue weighted by molar-refractivity contribution is -0.152. The van der Waals surface area contributed by atoms with Crippen LogP contribution in [0.5, 0.6) is 11.5 Å². The number of H-pyrrole nitrogens is 1. The molecule has 2 aliphatic carbocycles. The SMILES string of the molecule is CC(=O)Oc1ccc2c3c1O[C@H]1[C@@H](OC(C)=O)C=C[C@H]4[C@@H](C2)N(C)CC[C@@]341.c1ncc2[nH]cnc2n1. The van der Waals surface area contributed by atoms with Gasteiger partial charge in [-0.15, -0.1) is 0 Å². The minimum absolute atomic E-state index is 0.245. The zero-order valence-corrected chi connectivity index (χ0v) is 20.3. The molecule has 186 valence electrons. The molecule has 1 fully saturated rings. The number of piperidine rings is 1. The number of carbonyl (C=O) groups is 2. The van der Waals surface area contributed by atoms with Crippen molar-refractivity contribution in [3.8, 4) is 11.5 Å². The van der Waals surface area contributed by atoms with Crippen molar-refractivity contribution in [2.45, 2.75) is 50.4 Å². The van der Waals surface area contributed by atoms with Crippen molar-refractivity contribution < 1.29 is 23.8 Å². The van der Waals surface area contributed by atoms with Crippen LogP contribution in [0.3, 0.4) is 0 Å². The second kappa shape index (κ2) is 8.41. The predicted octanol–water partition coefficient (Wildman–Crippen LogP) is 2.34. The molecule has 36 heavy (non-hydrogen) atoms. The van der Waals surface area contributed by atoms with Crippen LogP contribution in [-0.2, 0) is 26.2 Å². The summed E-state index contributed by atoms with van der Waals surface area (Å²) in [5.74, 6) is 0.712. The van der Waals surface area contributed by atoms with E-state index in [1.807, 2.05) is 12.1 Å². The third-order valence-corrected chi connectivity index (χ3v) is 7.77. The van der Waals surface area contributed by atoms with Crippen molar-refractivity contribution in [2.24, 2.45) is 5.92 Å². The first-order valence-electron chi connectivity index (χ1n) is 12.0. The van der Waals surface area contributed by atoms with E-state index in [0.717, 1.165) is 30.5 Å².